The predicted octanol–water partition coefficient (Wildman–Crippen LogP) is 7.45. The second-order valence-electron chi connectivity index (χ2n) is 7.97. The molecular formula is C28H19ClFNO3S. The zero-order valence-electron chi connectivity index (χ0n) is 18.4. The molecule has 0 N–H and O–H groups in total. The van der Waals surface area contributed by atoms with Gasteiger partial charge in [0.1, 0.15) is 18.2 Å². The molecule has 0 aromatic heterocycles. The molecule has 0 unspecified atom stereocenters. The number of fused-ring (bicyclic) bond motifs is 1. The van der Waals surface area contributed by atoms with Crippen molar-refractivity contribution in [3.63, 3.8) is 0 Å². The highest BCUT2D eigenvalue weighted by Crippen LogP contribution is 2.34. The molecule has 7 heteroatoms. The molecular weight excluding hydrogens is 485 g/mol. The molecule has 1 fully saturated rings. The summed E-state index contributed by atoms with van der Waals surface area (Å²) in [5.74, 6) is -0.279. The molecule has 4 nitrogen and oxygen atoms in total. The van der Waals surface area contributed by atoms with Crippen LogP contribution >= 0.6 is 23.4 Å². The average Bonchev–Trinajstić information content (AvgIpc) is 3.11. The van der Waals surface area contributed by atoms with Crippen LogP contribution in [0.3, 0.4) is 0 Å². The number of amides is 2. The lowest BCUT2D eigenvalue weighted by Gasteiger charge is -2.14. The molecule has 0 atom stereocenters. The fourth-order valence-electron chi connectivity index (χ4n) is 3.91. The van der Waals surface area contributed by atoms with E-state index in [1.54, 1.807) is 30.3 Å². The van der Waals surface area contributed by atoms with Gasteiger partial charge in [0.25, 0.3) is 11.1 Å². The fraction of sp³-hybridized carbons (Fsp3) is 0.0714. The van der Waals surface area contributed by atoms with E-state index in [1.807, 2.05) is 48.5 Å². The van der Waals surface area contributed by atoms with Gasteiger partial charge in [-0.25, -0.2) is 4.39 Å². The first-order valence-corrected chi connectivity index (χ1v) is 12.1. The number of hydrogen-bond acceptors (Lipinski definition) is 4. The second-order valence-corrected chi connectivity index (χ2v) is 9.37. The highest BCUT2D eigenvalue weighted by Gasteiger charge is 2.35. The first-order valence-electron chi connectivity index (χ1n) is 10.9. The van der Waals surface area contributed by atoms with Crippen molar-refractivity contribution >= 4 is 51.4 Å². The Hall–Kier alpha value is -3.61. The number of benzene rings is 4. The van der Waals surface area contributed by atoms with E-state index in [0.29, 0.717) is 21.2 Å². The van der Waals surface area contributed by atoms with Crippen molar-refractivity contribution in [1.82, 2.24) is 4.90 Å². The Morgan fingerprint density at radius 3 is 2.57 bits per heavy atom. The van der Waals surface area contributed by atoms with Crippen LogP contribution in [0.15, 0.2) is 89.8 Å². The summed E-state index contributed by atoms with van der Waals surface area (Å²) < 4.78 is 19.7. The third-order valence-electron chi connectivity index (χ3n) is 5.68. The Balaban J connectivity index is 1.33. The minimum absolute atomic E-state index is 0.0312. The van der Waals surface area contributed by atoms with Crippen LogP contribution in [0.1, 0.15) is 16.7 Å². The van der Waals surface area contributed by atoms with Crippen LogP contribution in [0.5, 0.6) is 5.75 Å². The van der Waals surface area contributed by atoms with Crippen molar-refractivity contribution in [3.8, 4) is 5.75 Å². The SMILES string of the molecule is O=C1S/C(=C\c2cccc(OCc3c(F)cccc3Cl)c2)C(=O)N1Cc1cccc2ccccc12. The normalized spacial score (nSPS) is 14.8. The highest BCUT2D eigenvalue weighted by molar-refractivity contribution is 8.18. The first kappa shape index (κ1) is 23.1. The lowest BCUT2D eigenvalue weighted by Crippen LogP contribution is -2.27. The lowest BCUT2D eigenvalue weighted by molar-refractivity contribution is -0.123. The molecule has 174 valence electrons. The maximum Gasteiger partial charge on any atom is 0.293 e. The van der Waals surface area contributed by atoms with Crippen molar-refractivity contribution in [2.45, 2.75) is 13.2 Å². The maximum absolute atomic E-state index is 14.0. The van der Waals surface area contributed by atoms with E-state index in [1.165, 1.54) is 17.0 Å². The summed E-state index contributed by atoms with van der Waals surface area (Å²) in [4.78, 5) is 27.3. The van der Waals surface area contributed by atoms with Gasteiger partial charge in [0.05, 0.1) is 16.5 Å². The van der Waals surface area contributed by atoms with E-state index < -0.39 is 5.82 Å². The van der Waals surface area contributed by atoms with Crippen LogP contribution in [-0.2, 0) is 17.9 Å². The third kappa shape index (κ3) is 4.94. The molecule has 1 aliphatic rings. The van der Waals surface area contributed by atoms with Crippen LogP contribution in [0.25, 0.3) is 16.8 Å². The van der Waals surface area contributed by atoms with E-state index in [-0.39, 0.29) is 29.9 Å². The van der Waals surface area contributed by atoms with Crippen LogP contribution in [0, 0.1) is 5.82 Å². The zero-order valence-corrected chi connectivity index (χ0v) is 20.0. The van der Waals surface area contributed by atoms with Crippen LogP contribution in [0.2, 0.25) is 5.02 Å². The number of ether oxygens (including phenoxy) is 1. The summed E-state index contributed by atoms with van der Waals surface area (Å²) >= 11 is 6.98. The minimum atomic E-state index is -0.437. The molecule has 35 heavy (non-hydrogen) atoms. The van der Waals surface area contributed by atoms with E-state index >= 15 is 0 Å². The Labute approximate surface area is 211 Å². The number of halogens is 2. The van der Waals surface area contributed by atoms with Gasteiger partial charge in [0.2, 0.25) is 0 Å². The Bertz CT molecular complexity index is 1460. The topological polar surface area (TPSA) is 46.6 Å². The number of imide groups is 1. The number of carbonyl (C=O) groups excluding carboxylic acids is 2. The lowest BCUT2D eigenvalue weighted by atomic mass is 10.0. The van der Waals surface area contributed by atoms with Crippen LogP contribution in [0.4, 0.5) is 9.18 Å². The van der Waals surface area contributed by atoms with E-state index in [0.717, 1.165) is 28.1 Å². The fourth-order valence-corrected chi connectivity index (χ4v) is 4.96. The molecule has 2 amide bonds. The molecule has 0 radical (unpaired) electrons. The number of carbonyl (C=O) groups is 2. The summed E-state index contributed by atoms with van der Waals surface area (Å²) in [6, 6.07) is 25.2. The molecule has 1 aliphatic heterocycles. The van der Waals surface area contributed by atoms with E-state index in [9.17, 15) is 14.0 Å². The summed E-state index contributed by atoms with van der Waals surface area (Å²) in [5, 5.41) is 2.05. The molecule has 5 rings (SSSR count). The Morgan fingerprint density at radius 2 is 1.71 bits per heavy atom. The molecule has 1 heterocycles. The van der Waals surface area contributed by atoms with Crippen molar-refractivity contribution in [1.29, 1.82) is 0 Å². The minimum Gasteiger partial charge on any atom is -0.489 e. The van der Waals surface area contributed by atoms with Gasteiger partial charge in [-0.15, -0.1) is 0 Å². The molecule has 0 bridgehead atoms. The zero-order chi connectivity index (χ0) is 24.4. The van der Waals surface area contributed by atoms with E-state index in [4.69, 9.17) is 16.3 Å². The van der Waals surface area contributed by atoms with Gasteiger partial charge in [-0.05, 0) is 64.0 Å². The summed E-state index contributed by atoms with van der Waals surface area (Å²) in [6.45, 7) is 0.173. The van der Waals surface area contributed by atoms with Gasteiger partial charge in [-0.1, -0.05) is 72.3 Å². The van der Waals surface area contributed by atoms with Crippen molar-refractivity contribution in [3.05, 3.63) is 117 Å². The number of hydrogen-bond donors (Lipinski definition) is 0. The summed E-state index contributed by atoms with van der Waals surface area (Å²) in [5.41, 5.74) is 1.88. The first-order chi connectivity index (χ1) is 17.0. The van der Waals surface area contributed by atoms with Crippen molar-refractivity contribution < 1.29 is 18.7 Å². The molecule has 0 aliphatic carbocycles. The molecule has 4 aromatic carbocycles. The molecule has 0 spiro atoms. The summed E-state index contributed by atoms with van der Waals surface area (Å²) in [7, 11) is 0. The van der Waals surface area contributed by atoms with Gasteiger partial charge in [-0.2, -0.15) is 0 Å². The highest BCUT2D eigenvalue weighted by atomic mass is 35.5. The number of rotatable bonds is 6. The molecule has 0 saturated carbocycles. The average molecular weight is 504 g/mol. The van der Waals surface area contributed by atoms with Crippen LogP contribution < -0.4 is 4.74 Å². The standard InChI is InChI=1S/C28H19ClFNO3S/c29-24-12-5-13-25(30)23(24)17-34-21-10-3-6-18(14-21)15-26-27(32)31(28(33)35-26)16-20-9-4-8-19-7-1-2-11-22(19)20/h1-15H,16-17H2/b26-15-. The van der Waals surface area contributed by atoms with E-state index in [2.05, 4.69) is 0 Å². The van der Waals surface area contributed by atoms with Gasteiger partial charge < -0.3 is 4.74 Å². The maximum atomic E-state index is 14.0. The third-order valence-corrected chi connectivity index (χ3v) is 6.94. The van der Waals surface area contributed by atoms with Crippen molar-refractivity contribution in [2.75, 3.05) is 0 Å². The molecule has 4 aromatic rings. The van der Waals surface area contributed by atoms with Crippen LogP contribution in [-0.4, -0.2) is 16.0 Å². The summed E-state index contributed by atoms with van der Waals surface area (Å²) in [6.07, 6.45) is 1.66. The quantitative estimate of drug-likeness (QED) is 0.256. The van der Waals surface area contributed by atoms with Gasteiger partial charge in [0.15, 0.2) is 0 Å². The number of nitrogens with zero attached hydrogens (tertiary/aromatic N) is 1. The molecule has 1 saturated heterocycles. The second kappa shape index (κ2) is 9.94. The largest absolute Gasteiger partial charge is 0.489 e. The van der Waals surface area contributed by atoms with Crippen molar-refractivity contribution in [2.24, 2.45) is 0 Å². The van der Waals surface area contributed by atoms with Gasteiger partial charge in [-0.3, -0.25) is 14.5 Å². The smallest absolute Gasteiger partial charge is 0.293 e. The monoisotopic (exact) mass is 503 g/mol. The van der Waals surface area contributed by atoms with Gasteiger partial charge in [0, 0.05) is 5.56 Å². The Kier molecular flexibility index (Phi) is 6.57. The number of thioether (sulfide) groups is 1. The predicted molar refractivity (Wildman–Crippen MR) is 138 cm³/mol. The Morgan fingerprint density at radius 1 is 0.943 bits per heavy atom. The van der Waals surface area contributed by atoms with Gasteiger partial charge >= 0.3 is 0 Å².